The summed E-state index contributed by atoms with van der Waals surface area (Å²) in [4.78, 5) is 4.30. The van der Waals surface area contributed by atoms with Gasteiger partial charge in [0.25, 0.3) is 0 Å². The third kappa shape index (κ3) is 4.05. The minimum absolute atomic E-state index is 0.276. The van der Waals surface area contributed by atoms with Gasteiger partial charge in [-0.1, -0.05) is 40.4 Å². The lowest BCUT2D eigenvalue weighted by molar-refractivity contribution is 0.378. The van der Waals surface area contributed by atoms with Gasteiger partial charge < -0.3 is 10.3 Å². The maximum absolute atomic E-state index is 13.6. The van der Waals surface area contributed by atoms with Crippen LogP contribution in [-0.4, -0.2) is 26.1 Å². The molecule has 2 aromatic heterocycles. The highest BCUT2D eigenvalue weighted by Gasteiger charge is 2.10. The molecule has 0 aliphatic rings. The average Bonchev–Trinajstić information content (AvgIpc) is 3.16. The zero-order valence-electron chi connectivity index (χ0n) is 12.3. The maximum Gasteiger partial charge on any atom is 0.226 e. The zero-order chi connectivity index (χ0) is 16.2. The highest BCUT2D eigenvalue weighted by atomic mass is 32.2. The summed E-state index contributed by atoms with van der Waals surface area (Å²) >= 11 is 2.96. The van der Waals surface area contributed by atoms with Crippen molar-refractivity contribution in [3.8, 4) is 11.4 Å². The van der Waals surface area contributed by atoms with Gasteiger partial charge in [0.15, 0.2) is 4.34 Å². The molecular weight excluding hydrogens is 337 g/mol. The molecule has 3 rings (SSSR count). The van der Waals surface area contributed by atoms with Crippen molar-refractivity contribution in [1.29, 1.82) is 0 Å². The summed E-state index contributed by atoms with van der Waals surface area (Å²) in [6.45, 7) is 1.71. The first-order valence-electron chi connectivity index (χ1n) is 6.93. The van der Waals surface area contributed by atoms with E-state index in [1.165, 1.54) is 17.4 Å². The first kappa shape index (κ1) is 15.9. The number of hydrogen-bond donors (Lipinski definition) is 1. The molecule has 3 aromatic rings. The van der Waals surface area contributed by atoms with Crippen LogP contribution in [0.4, 0.5) is 9.52 Å². The lowest BCUT2D eigenvalue weighted by atomic mass is 10.1. The topological polar surface area (TPSA) is 90.7 Å². The van der Waals surface area contributed by atoms with Crippen molar-refractivity contribution in [3.05, 3.63) is 35.5 Å². The van der Waals surface area contributed by atoms with E-state index in [1.54, 1.807) is 30.8 Å². The molecule has 0 aliphatic heterocycles. The second-order valence-corrected chi connectivity index (χ2v) is 7.19. The number of thioether (sulfide) groups is 1. The third-order valence-corrected chi connectivity index (χ3v) is 5.05. The van der Waals surface area contributed by atoms with Gasteiger partial charge in [0.1, 0.15) is 5.82 Å². The van der Waals surface area contributed by atoms with Gasteiger partial charge in [0.05, 0.1) is 0 Å². The van der Waals surface area contributed by atoms with Gasteiger partial charge in [-0.25, -0.2) is 4.39 Å². The number of nitrogens with two attached hydrogens (primary N) is 1. The second-order valence-electron chi connectivity index (χ2n) is 4.83. The minimum Gasteiger partial charge on any atom is -0.374 e. The van der Waals surface area contributed by atoms with Crippen molar-refractivity contribution in [2.75, 3.05) is 11.5 Å². The van der Waals surface area contributed by atoms with Crippen molar-refractivity contribution < 1.29 is 8.91 Å². The van der Waals surface area contributed by atoms with Gasteiger partial charge in [-0.05, 0) is 25.0 Å². The summed E-state index contributed by atoms with van der Waals surface area (Å²) in [7, 11) is 0. The smallest absolute Gasteiger partial charge is 0.226 e. The van der Waals surface area contributed by atoms with E-state index >= 15 is 0 Å². The number of aromatic nitrogens is 4. The SMILES string of the molecule is Cc1ccc(-c2noc(CCCSc3nnc(N)s3)n2)cc1F. The fourth-order valence-corrected chi connectivity index (χ4v) is 3.51. The average molecular weight is 351 g/mol. The first-order valence-corrected chi connectivity index (χ1v) is 8.73. The summed E-state index contributed by atoms with van der Waals surface area (Å²) in [6, 6.07) is 4.90. The Bertz CT molecular complexity index is 804. The molecule has 0 saturated heterocycles. The summed E-state index contributed by atoms with van der Waals surface area (Å²) in [5, 5.41) is 12.1. The lowest BCUT2D eigenvalue weighted by Gasteiger charge is -1.97. The van der Waals surface area contributed by atoms with Gasteiger partial charge >= 0.3 is 0 Å². The number of hydrogen-bond acceptors (Lipinski definition) is 8. The Kier molecular flexibility index (Phi) is 4.87. The number of nitrogen functional groups attached to an aromatic ring is 1. The standard InChI is InChI=1S/C14H14FN5OS2/c1-8-4-5-9(7-10(8)15)12-17-11(21-20-12)3-2-6-22-14-19-18-13(16)23-14/h4-5,7H,2-3,6H2,1H3,(H2,16,18). The molecule has 0 bridgehead atoms. The summed E-state index contributed by atoms with van der Waals surface area (Å²) in [5.41, 5.74) is 6.73. The van der Waals surface area contributed by atoms with Crippen LogP contribution in [0.2, 0.25) is 0 Å². The van der Waals surface area contributed by atoms with Crippen LogP contribution in [0.3, 0.4) is 0 Å². The molecule has 0 amide bonds. The summed E-state index contributed by atoms with van der Waals surface area (Å²) in [5.74, 6) is 1.52. The van der Waals surface area contributed by atoms with Crippen molar-refractivity contribution >= 4 is 28.2 Å². The first-order chi connectivity index (χ1) is 11.1. The van der Waals surface area contributed by atoms with E-state index in [4.69, 9.17) is 10.3 Å². The molecule has 9 heteroatoms. The Balaban J connectivity index is 1.53. The van der Waals surface area contributed by atoms with Crippen LogP contribution < -0.4 is 5.73 Å². The van der Waals surface area contributed by atoms with E-state index in [1.807, 2.05) is 0 Å². The normalized spacial score (nSPS) is 11.0. The predicted octanol–water partition coefficient (Wildman–Crippen LogP) is 3.34. The molecule has 0 fully saturated rings. The predicted molar refractivity (Wildman–Crippen MR) is 87.8 cm³/mol. The maximum atomic E-state index is 13.6. The van der Waals surface area contributed by atoms with Gasteiger partial charge in [0, 0.05) is 17.7 Å². The molecule has 0 aliphatic carbocycles. The van der Waals surface area contributed by atoms with E-state index in [2.05, 4.69) is 20.3 Å². The van der Waals surface area contributed by atoms with E-state index in [0.717, 1.165) is 16.5 Å². The number of nitrogens with zero attached hydrogens (tertiary/aromatic N) is 4. The summed E-state index contributed by atoms with van der Waals surface area (Å²) in [6.07, 6.45) is 1.51. The molecule has 0 atom stereocenters. The molecule has 0 radical (unpaired) electrons. The Morgan fingerprint density at radius 3 is 2.96 bits per heavy atom. The molecule has 23 heavy (non-hydrogen) atoms. The molecule has 0 saturated carbocycles. The third-order valence-electron chi connectivity index (χ3n) is 3.08. The second kappa shape index (κ2) is 7.05. The fraction of sp³-hybridized carbons (Fsp3) is 0.286. The van der Waals surface area contributed by atoms with Crippen molar-refractivity contribution in [2.24, 2.45) is 0 Å². The Hall–Kier alpha value is -2.00. The molecule has 2 N–H and O–H groups in total. The highest BCUT2D eigenvalue weighted by Crippen LogP contribution is 2.24. The van der Waals surface area contributed by atoms with Crippen LogP contribution in [-0.2, 0) is 6.42 Å². The van der Waals surface area contributed by atoms with Crippen LogP contribution in [0.15, 0.2) is 27.1 Å². The van der Waals surface area contributed by atoms with E-state index in [9.17, 15) is 4.39 Å². The van der Waals surface area contributed by atoms with Gasteiger partial charge in [-0.3, -0.25) is 0 Å². The molecule has 120 valence electrons. The van der Waals surface area contributed by atoms with Crippen LogP contribution in [0.1, 0.15) is 17.9 Å². The van der Waals surface area contributed by atoms with Gasteiger partial charge in [0.2, 0.25) is 16.8 Å². The van der Waals surface area contributed by atoms with Crippen molar-refractivity contribution in [1.82, 2.24) is 20.3 Å². The van der Waals surface area contributed by atoms with Crippen molar-refractivity contribution in [2.45, 2.75) is 24.1 Å². The zero-order valence-corrected chi connectivity index (χ0v) is 14.0. The quantitative estimate of drug-likeness (QED) is 0.538. The van der Waals surface area contributed by atoms with Gasteiger partial charge in [-0.15, -0.1) is 10.2 Å². The number of halogens is 1. The molecule has 1 aromatic carbocycles. The number of anilines is 1. The van der Waals surface area contributed by atoms with E-state index in [0.29, 0.717) is 34.4 Å². The Morgan fingerprint density at radius 1 is 1.35 bits per heavy atom. The molecule has 6 nitrogen and oxygen atoms in total. The fourth-order valence-electron chi connectivity index (χ4n) is 1.87. The minimum atomic E-state index is -0.276. The lowest BCUT2D eigenvalue weighted by Crippen LogP contribution is -1.89. The highest BCUT2D eigenvalue weighted by molar-refractivity contribution is 8.01. The van der Waals surface area contributed by atoms with Crippen LogP contribution in [0.25, 0.3) is 11.4 Å². The summed E-state index contributed by atoms with van der Waals surface area (Å²) < 4.78 is 19.6. The number of benzene rings is 1. The Labute approximate surface area is 140 Å². The van der Waals surface area contributed by atoms with Crippen LogP contribution in [0, 0.1) is 12.7 Å². The molecule has 0 unspecified atom stereocenters. The number of aryl methyl sites for hydroxylation is 2. The largest absolute Gasteiger partial charge is 0.374 e. The van der Waals surface area contributed by atoms with Crippen LogP contribution in [0.5, 0.6) is 0 Å². The van der Waals surface area contributed by atoms with Crippen LogP contribution >= 0.6 is 23.1 Å². The monoisotopic (exact) mass is 351 g/mol. The number of rotatable bonds is 6. The Morgan fingerprint density at radius 2 is 2.22 bits per heavy atom. The molecular formula is C14H14FN5OS2. The van der Waals surface area contributed by atoms with Crippen molar-refractivity contribution in [3.63, 3.8) is 0 Å². The van der Waals surface area contributed by atoms with E-state index < -0.39 is 0 Å². The van der Waals surface area contributed by atoms with Gasteiger partial charge in [-0.2, -0.15) is 4.98 Å². The van der Waals surface area contributed by atoms with E-state index in [-0.39, 0.29) is 5.82 Å². The molecule has 0 spiro atoms. The molecule has 2 heterocycles.